The minimum absolute atomic E-state index is 0.0964. The van der Waals surface area contributed by atoms with Gasteiger partial charge in [0.15, 0.2) is 0 Å². The number of carbonyl (C=O) groups excluding carboxylic acids is 1. The van der Waals surface area contributed by atoms with E-state index < -0.39 is 10.0 Å². The lowest BCUT2D eigenvalue weighted by Gasteiger charge is -2.29. The van der Waals surface area contributed by atoms with Crippen LogP contribution in [0.4, 0.5) is 0 Å². The van der Waals surface area contributed by atoms with Gasteiger partial charge < -0.3 is 9.64 Å². The third kappa shape index (κ3) is 4.82. The lowest BCUT2D eigenvalue weighted by atomic mass is 10.2. The van der Waals surface area contributed by atoms with Gasteiger partial charge in [0.2, 0.25) is 10.0 Å². The second-order valence-electron chi connectivity index (χ2n) is 6.96. The van der Waals surface area contributed by atoms with Crippen molar-refractivity contribution in [1.29, 1.82) is 0 Å². The quantitative estimate of drug-likeness (QED) is 0.793. The number of nitrogens with zero attached hydrogens (tertiary/aromatic N) is 2. The van der Waals surface area contributed by atoms with Gasteiger partial charge in [-0.25, -0.2) is 13.1 Å². The van der Waals surface area contributed by atoms with E-state index in [0.717, 1.165) is 39.0 Å². The van der Waals surface area contributed by atoms with Gasteiger partial charge in [-0.2, -0.15) is 0 Å². The molecule has 144 valence electrons. The summed E-state index contributed by atoms with van der Waals surface area (Å²) in [5.41, 5.74) is 0.426. The minimum atomic E-state index is -3.67. The standard InChI is InChI=1S/C18H27N3O4S/c1-15(14-20-9-11-25-12-10-20)19-26(23,24)17-6-4-5-16(13-17)18(22)21-7-2-3-8-21/h4-6,13,15,19H,2-3,7-12,14H2,1H3/t15-/m1/s1. The molecule has 8 heteroatoms. The molecule has 1 amide bonds. The van der Waals surface area contributed by atoms with E-state index in [1.165, 1.54) is 12.1 Å². The van der Waals surface area contributed by atoms with E-state index in [-0.39, 0.29) is 16.8 Å². The Morgan fingerprint density at radius 3 is 2.58 bits per heavy atom. The van der Waals surface area contributed by atoms with Crippen LogP contribution in [0.15, 0.2) is 29.2 Å². The predicted molar refractivity (Wildman–Crippen MR) is 98.6 cm³/mol. The van der Waals surface area contributed by atoms with Crippen molar-refractivity contribution in [1.82, 2.24) is 14.5 Å². The first kappa shape index (κ1) is 19.3. The van der Waals surface area contributed by atoms with Crippen LogP contribution in [0, 0.1) is 0 Å². The van der Waals surface area contributed by atoms with Crippen LogP contribution in [0.5, 0.6) is 0 Å². The molecule has 0 unspecified atom stereocenters. The van der Waals surface area contributed by atoms with Crippen LogP contribution in [0.25, 0.3) is 0 Å². The molecule has 1 N–H and O–H groups in total. The third-order valence-electron chi connectivity index (χ3n) is 4.78. The first-order valence-corrected chi connectivity index (χ1v) is 10.7. The Labute approximate surface area is 155 Å². The first-order chi connectivity index (χ1) is 12.5. The fourth-order valence-electron chi connectivity index (χ4n) is 3.44. The van der Waals surface area contributed by atoms with Crippen LogP contribution in [0.3, 0.4) is 0 Å². The molecule has 0 aliphatic carbocycles. The topological polar surface area (TPSA) is 79.0 Å². The molecule has 7 nitrogen and oxygen atoms in total. The highest BCUT2D eigenvalue weighted by molar-refractivity contribution is 7.89. The second kappa shape index (κ2) is 8.47. The van der Waals surface area contributed by atoms with Crippen LogP contribution in [0.1, 0.15) is 30.1 Å². The molecule has 1 aromatic rings. The van der Waals surface area contributed by atoms with Crippen LogP contribution < -0.4 is 4.72 Å². The molecular formula is C18H27N3O4S. The number of likely N-dealkylation sites (tertiary alicyclic amines) is 1. The molecule has 1 aromatic carbocycles. The van der Waals surface area contributed by atoms with Gasteiger partial charge in [0, 0.05) is 44.3 Å². The average Bonchev–Trinajstić information content (AvgIpc) is 3.16. The molecule has 26 heavy (non-hydrogen) atoms. The maximum absolute atomic E-state index is 12.7. The van der Waals surface area contributed by atoms with Crippen molar-refractivity contribution in [2.75, 3.05) is 45.9 Å². The molecule has 2 fully saturated rings. The monoisotopic (exact) mass is 381 g/mol. The number of nitrogens with one attached hydrogen (secondary N) is 1. The summed E-state index contributed by atoms with van der Waals surface area (Å²) in [7, 11) is -3.67. The Morgan fingerprint density at radius 1 is 1.19 bits per heavy atom. The Morgan fingerprint density at radius 2 is 1.88 bits per heavy atom. The molecule has 2 aliphatic rings. The number of rotatable bonds is 6. The van der Waals surface area contributed by atoms with E-state index in [4.69, 9.17) is 4.74 Å². The molecule has 2 heterocycles. The average molecular weight is 381 g/mol. The first-order valence-electron chi connectivity index (χ1n) is 9.17. The molecule has 2 saturated heterocycles. The van der Waals surface area contributed by atoms with Crippen LogP contribution in [0.2, 0.25) is 0 Å². The van der Waals surface area contributed by atoms with E-state index in [2.05, 4.69) is 9.62 Å². The van der Waals surface area contributed by atoms with Gasteiger partial charge >= 0.3 is 0 Å². The van der Waals surface area contributed by atoms with Gasteiger partial charge in [-0.3, -0.25) is 9.69 Å². The van der Waals surface area contributed by atoms with Gasteiger partial charge in [-0.05, 0) is 38.0 Å². The second-order valence-corrected chi connectivity index (χ2v) is 8.68. The molecule has 0 saturated carbocycles. The fraction of sp³-hybridized carbons (Fsp3) is 0.611. The van der Waals surface area contributed by atoms with E-state index >= 15 is 0 Å². The summed E-state index contributed by atoms with van der Waals surface area (Å²) in [5, 5.41) is 0. The predicted octanol–water partition coefficient (Wildman–Crippen LogP) is 0.922. The Balaban J connectivity index is 1.66. The summed E-state index contributed by atoms with van der Waals surface area (Å²) in [6.45, 7) is 6.95. The number of amides is 1. The fourth-order valence-corrected chi connectivity index (χ4v) is 4.72. The highest BCUT2D eigenvalue weighted by atomic mass is 32.2. The Bertz CT molecular complexity index is 726. The third-order valence-corrected chi connectivity index (χ3v) is 6.36. The zero-order chi connectivity index (χ0) is 18.6. The minimum Gasteiger partial charge on any atom is -0.379 e. The largest absolute Gasteiger partial charge is 0.379 e. The molecule has 0 bridgehead atoms. The Kier molecular flexibility index (Phi) is 6.29. The maximum Gasteiger partial charge on any atom is 0.253 e. The number of carbonyl (C=O) groups is 1. The molecule has 2 aliphatic heterocycles. The summed E-state index contributed by atoms with van der Waals surface area (Å²) >= 11 is 0. The van der Waals surface area contributed by atoms with Gasteiger partial charge in [-0.15, -0.1) is 0 Å². The van der Waals surface area contributed by atoms with Crippen LogP contribution >= 0.6 is 0 Å². The number of sulfonamides is 1. The number of benzene rings is 1. The highest BCUT2D eigenvalue weighted by Gasteiger charge is 2.23. The number of hydrogen-bond donors (Lipinski definition) is 1. The molecule has 0 aromatic heterocycles. The number of hydrogen-bond acceptors (Lipinski definition) is 5. The van der Waals surface area contributed by atoms with Gasteiger partial charge in [0.25, 0.3) is 5.91 Å². The van der Waals surface area contributed by atoms with Crippen molar-refractivity contribution >= 4 is 15.9 Å². The lowest BCUT2D eigenvalue weighted by molar-refractivity contribution is 0.0354. The molecular weight excluding hydrogens is 354 g/mol. The summed E-state index contributed by atoms with van der Waals surface area (Å²) < 4.78 is 33.4. The van der Waals surface area contributed by atoms with Crippen LogP contribution in [-0.4, -0.2) is 76.1 Å². The molecule has 1 atom stereocenters. The normalized spacial score (nSPS) is 20.3. The molecule has 0 spiro atoms. The van der Waals surface area contributed by atoms with Crippen LogP contribution in [-0.2, 0) is 14.8 Å². The zero-order valence-corrected chi connectivity index (χ0v) is 16.0. The van der Waals surface area contributed by atoms with Crippen molar-refractivity contribution in [2.45, 2.75) is 30.7 Å². The van der Waals surface area contributed by atoms with Crippen molar-refractivity contribution < 1.29 is 17.9 Å². The van der Waals surface area contributed by atoms with Gasteiger partial charge in [0.1, 0.15) is 0 Å². The van der Waals surface area contributed by atoms with E-state index in [1.54, 1.807) is 17.0 Å². The maximum atomic E-state index is 12.7. The van der Waals surface area contributed by atoms with E-state index in [9.17, 15) is 13.2 Å². The van der Waals surface area contributed by atoms with Crippen molar-refractivity contribution in [3.63, 3.8) is 0 Å². The molecule has 0 radical (unpaired) electrons. The Hall–Kier alpha value is -1.48. The highest BCUT2D eigenvalue weighted by Crippen LogP contribution is 2.17. The SMILES string of the molecule is C[C@H](CN1CCOCC1)NS(=O)(=O)c1cccc(C(=O)N2CCCC2)c1. The van der Waals surface area contributed by atoms with Crippen molar-refractivity contribution in [3.05, 3.63) is 29.8 Å². The van der Waals surface area contributed by atoms with E-state index in [0.29, 0.717) is 25.3 Å². The summed E-state index contributed by atoms with van der Waals surface area (Å²) in [5.74, 6) is -0.0964. The smallest absolute Gasteiger partial charge is 0.253 e. The van der Waals surface area contributed by atoms with Crippen molar-refractivity contribution in [2.24, 2.45) is 0 Å². The van der Waals surface area contributed by atoms with Crippen molar-refractivity contribution in [3.8, 4) is 0 Å². The van der Waals surface area contributed by atoms with Gasteiger partial charge in [0.05, 0.1) is 18.1 Å². The lowest BCUT2D eigenvalue weighted by Crippen LogP contribution is -2.45. The summed E-state index contributed by atoms with van der Waals surface area (Å²) in [6.07, 6.45) is 2.01. The zero-order valence-electron chi connectivity index (χ0n) is 15.2. The number of morpholine rings is 1. The van der Waals surface area contributed by atoms with Gasteiger partial charge in [-0.1, -0.05) is 6.07 Å². The molecule has 3 rings (SSSR count). The number of ether oxygens (including phenoxy) is 1. The van der Waals surface area contributed by atoms with E-state index in [1.807, 2.05) is 6.92 Å². The summed E-state index contributed by atoms with van der Waals surface area (Å²) in [6, 6.07) is 6.09. The summed E-state index contributed by atoms with van der Waals surface area (Å²) in [4.78, 5) is 16.6.